The Kier molecular flexibility index (Phi) is 4.38. The Hall–Kier alpha value is 0.1000. The number of aliphatic hydroxyl groups is 1. The molecule has 2 N–H and O–H groups in total. The van der Waals surface area contributed by atoms with E-state index in [4.69, 9.17) is 5.11 Å². The zero-order valence-electron chi connectivity index (χ0n) is 7.75. The lowest BCUT2D eigenvalue weighted by molar-refractivity contribution is 0.187. The fourth-order valence-corrected chi connectivity index (χ4v) is 2.46. The zero-order chi connectivity index (χ0) is 9.84. The van der Waals surface area contributed by atoms with E-state index in [-0.39, 0.29) is 6.10 Å². The molecule has 0 radical (unpaired) electrons. The maximum Gasteiger partial charge on any atom is 0.0701 e. The van der Waals surface area contributed by atoms with Crippen LogP contribution >= 0.6 is 27.3 Å². The van der Waals surface area contributed by atoms with Gasteiger partial charge in [-0.3, -0.25) is 0 Å². The molecule has 0 amide bonds. The predicted molar refractivity (Wildman–Crippen MR) is 60.1 cm³/mol. The molecule has 74 valence electrons. The first-order valence-electron chi connectivity index (χ1n) is 4.26. The summed E-state index contributed by atoms with van der Waals surface area (Å²) in [6.07, 6.45) is -0.286. The van der Waals surface area contributed by atoms with Crippen molar-refractivity contribution in [3.8, 4) is 0 Å². The molecule has 13 heavy (non-hydrogen) atoms. The second-order valence-corrected chi connectivity index (χ2v) is 5.62. The van der Waals surface area contributed by atoms with Gasteiger partial charge in [0.25, 0.3) is 0 Å². The van der Waals surface area contributed by atoms with Crippen LogP contribution in [0.2, 0.25) is 0 Å². The van der Waals surface area contributed by atoms with E-state index in [0.717, 1.165) is 3.79 Å². The number of hydrogen-bond acceptors (Lipinski definition) is 3. The van der Waals surface area contributed by atoms with Crippen LogP contribution in [0.25, 0.3) is 0 Å². The first kappa shape index (κ1) is 11.2. The molecule has 0 aromatic carbocycles. The molecule has 0 spiro atoms. The van der Waals surface area contributed by atoms with Gasteiger partial charge in [0.15, 0.2) is 0 Å². The van der Waals surface area contributed by atoms with Crippen molar-refractivity contribution in [1.29, 1.82) is 0 Å². The Morgan fingerprint density at radius 2 is 2.23 bits per heavy atom. The molecule has 0 saturated carbocycles. The maximum absolute atomic E-state index is 9.09. The maximum atomic E-state index is 9.09. The van der Waals surface area contributed by atoms with Gasteiger partial charge in [-0.15, -0.1) is 11.3 Å². The standard InChI is InChI=1S/C9H14BrNOS/c1-6(12)5-11-7(2)8-3-4-9(10)13-8/h3-4,6-7,11-12H,5H2,1-2H3/t6-,7-/m0/s1. The molecule has 0 aliphatic heterocycles. The van der Waals surface area contributed by atoms with E-state index in [9.17, 15) is 0 Å². The third-order valence-electron chi connectivity index (χ3n) is 1.74. The summed E-state index contributed by atoms with van der Waals surface area (Å²) in [6, 6.07) is 4.44. The van der Waals surface area contributed by atoms with Crippen molar-refractivity contribution in [3.63, 3.8) is 0 Å². The van der Waals surface area contributed by atoms with Crippen LogP contribution in [-0.2, 0) is 0 Å². The van der Waals surface area contributed by atoms with E-state index < -0.39 is 0 Å². The third kappa shape index (κ3) is 3.77. The van der Waals surface area contributed by atoms with Crippen molar-refractivity contribution in [2.24, 2.45) is 0 Å². The van der Waals surface area contributed by atoms with Gasteiger partial charge in [0, 0.05) is 17.5 Å². The minimum Gasteiger partial charge on any atom is -0.392 e. The molecule has 0 fully saturated rings. The third-order valence-corrected chi connectivity index (χ3v) is 3.55. The van der Waals surface area contributed by atoms with Gasteiger partial charge >= 0.3 is 0 Å². The van der Waals surface area contributed by atoms with Crippen LogP contribution in [0.15, 0.2) is 15.9 Å². The molecule has 0 unspecified atom stereocenters. The van der Waals surface area contributed by atoms with Gasteiger partial charge < -0.3 is 10.4 Å². The second kappa shape index (κ2) is 5.10. The van der Waals surface area contributed by atoms with Crippen molar-refractivity contribution in [2.45, 2.75) is 26.0 Å². The molecular formula is C9H14BrNOS. The summed E-state index contributed by atoms with van der Waals surface area (Å²) in [7, 11) is 0. The number of hydrogen-bond donors (Lipinski definition) is 2. The second-order valence-electron chi connectivity index (χ2n) is 3.12. The number of aliphatic hydroxyl groups excluding tert-OH is 1. The highest BCUT2D eigenvalue weighted by Gasteiger charge is 2.07. The van der Waals surface area contributed by atoms with Crippen LogP contribution in [0.3, 0.4) is 0 Å². The van der Waals surface area contributed by atoms with Crippen molar-refractivity contribution in [2.75, 3.05) is 6.54 Å². The summed E-state index contributed by atoms with van der Waals surface area (Å²) in [5.41, 5.74) is 0. The molecule has 0 saturated heterocycles. The molecule has 1 aromatic heterocycles. The van der Waals surface area contributed by atoms with Crippen molar-refractivity contribution in [3.05, 3.63) is 20.8 Å². The zero-order valence-corrected chi connectivity index (χ0v) is 10.2. The summed E-state index contributed by atoms with van der Waals surface area (Å²) in [5, 5.41) is 12.3. The van der Waals surface area contributed by atoms with E-state index in [1.54, 1.807) is 18.3 Å². The molecule has 1 heterocycles. The average Bonchev–Trinajstić information content (AvgIpc) is 2.47. The summed E-state index contributed by atoms with van der Waals surface area (Å²) in [5.74, 6) is 0. The van der Waals surface area contributed by atoms with Crippen LogP contribution in [0.1, 0.15) is 24.8 Å². The molecule has 0 bridgehead atoms. The first-order valence-corrected chi connectivity index (χ1v) is 5.87. The smallest absolute Gasteiger partial charge is 0.0701 e. The van der Waals surface area contributed by atoms with E-state index in [2.05, 4.69) is 34.2 Å². The fourth-order valence-electron chi connectivity index (χ4n) is 1.01. The lowest BCUT2D eigenvalue weighted by Crippen LogP contribution is -2.26. The number of thiophene rings is 1. The molecule has 0 aliphatic carbocycles. The van der Waals surface area contributed by atoms with Crippen molar-refractivity contribution >= 4 is 27.3 Å². The first-order chi connectivity index (χ1) is 6.09. The summed E-state index contributed by atoms with van der Waals surface area (Å²) >= 11 is 5.14. The lowest BCUT2D eigenvalue weighted by atomic mass is 10.2. The molecule has 1 aromatic rings. The highest BCUT2D eigenvalue weighted by atomic mass is 79.9. The van der Waals surface area contributed by atoms with Crippen LogP contribution in [0.5, 0.6) is 0 Å². The summed E-state index contributed by atoms with van der Waals surface area (Å²) in [6.45, 7) is 4.52. The molecular weight excluding hydrogens is 250 g/mol. The molecule has 2 atom stereocenters. The summed E-state index contributed by atoms with van der Waals surface area (Å²) < 4.78 is 1.15. The van der Waals surface area contributed by atoms with Crippen LogP contribution in [0.4, 0.5) is 0 Å². The number of rotatable bonds is 4. The molecule has 4 heteroatoms. The van der Waals surface area contributed by atoms with E-state index >= 15 is 0 Å². The van der Waals surface area contributed by atoms with Gasteiger partial charge in [-0.05, 0) is 41.9 Å². The van der Waals surface area contributed by atoms with Gasteiger partial charge in [0.2, 0.25) is 0 Å². The highest BCUT2D eigenvalue weighted by Crippen LogP contribution is 2.26. The van der Waals surface area contributed by atoms with Crippen molar-refractivity contribution < 1.29 is 5.11 Å². The Bertz CT molecular complexity index is 262. The molecule has 0 aliphatic rings. The normalized spacial score (nSPS) is 15.7. The highest BCUT2D eigenvalue weighted by molar-refractivity contribution is 9.11. The number of halogens is 1. The SMILES string of the molecule is C[C@H](O)CN[C@@H](C)c1ccc(Br)s1. The summed E-state index contributed by atoms with van der Waals surface area (Å²) in [4.78, 5) is 1.28. The lowest BCUT2D eigenvalue weighted by Gasteiger charge is -2.13. The van der Waals surface area contributed by atoms with Gasteiger partial charge in [0.05, 0.1) is 9.89 Å². The number of nitrogens with one attached hydrogen (secondary N) is 1. The van der Waals surface area contributed by atoms with E-state index in [1.165, 1.54) is 4.88 Å². The van der Waals surface area contributed by atoms with Gasteiger partial charge in [-0.2, -0.15) is 0 Å². The quantitative estimate of drug-likeness (QED) is 0.876. The van der Waals surface area contributed by atoms with E-state index in [1.807, 2.05) is 6.07 Å². The Balaban J connectivity index is 2.44. The Morgan fingerprint density at radius 1 is 1.54 bits per heavy atom. The molecule has 1 rings (SSSR count). The van der Waals surface area contributed by atoms with Crippen LogP contribution < -0.4 is 5.32 Å². The van der Waals surface area contributed by atoms with Crippen LogP contribution in [-0.4, -0.2) is 17.8 Å². The minimum atomic E-state index is -0.286. The topological polar surface area (TPSA) is 32.3 Å². The largest absolute Gasteiger partial charge is 0.392 e. The average molecular weight is 264 g/mol. The Labute approximate surface area is 91.1 Å². The van der Waals surface area contributed by atoms with Gasteiger partial charge in [-0.1, -0.05) is 0 Å². The van der Waals surface area contributed by atoms with E-state index in [0.29, 0.717) is 12.6 Å². The fraction of sp³-hybridized carbons (Fsp3) is 0.556. The monoisotopic (exact) mass is 263 g/mol. The van der Waals surface area contributed by atoms with Gasteiger partial charge in [0.1, 0.15) is 0 Å². The Morgan fingerprint density at radius 3 is 2.69 bits per heavy atom. The van der Waals surface area contributed by atoms with Crippen molar-refractivity contribution in [1.82, 2.24) is 5.32 Å². The minimum absolute atomic E-state index is 0.286. The predicted octanol–water partition coefficient (Wildman–Crippen LogP) is 2.54. The molecule has 2 nitrogen and oxygen atoms in total. The van der Waals surface area contributed by atoms with Crippen LogP contribution in [0, 0.1) is 0 Å². The van der Waals surface area contributed by atoms with Gasteiger partial charge in [-0.25, -0.2) is 0 Å².